The lowest BCUT2D eigenvalue weighted by atomic mass is 10.2. The molecule has 1 amide bonds. The summed E-state index contributed by atoms with van der Waals surface area (Å²) in [7, 11) is 0. The Bertz CT molecular complexity index is 299. The first-order chi connectivity index (χ1) is 6.33. The predicted octanol–water partition coefficient (Wildman–Crippen LogP) is -0.168. The van der Waals surface area contributed by atoms with Gasteiger partial charge in [0.2, 0.25) is 5.91 Å². The molecular formula is C6H8N6O. The summed E-state index contributed by atoms with van der Waals surface area (Å²) in [5, 5.41) is 23.2. The van der Waals surface area contributed by atoms with Crippen molar-refractivity contribution in [3.05, 3.63) is 0 Å². The molecule has 13 heavy (non-hydrogen) atoms. The molecular weight excluding hydrogens is 172 g/mol. The van der Waals surface area contributed by atoms with E-state index < -0.39 is 0 Å². The number of nitrogens with one attached hydrogen (secondary N) is 2. The van der Waals surface area contributed by atoms with Gasteiger partial charge in [-0.3, -0.25) is 10.1 Å². The van der Waals surface area contributed by atoms with E-state index in [0.717, 1.165) is 0 Å². The Kier molecular flexibility index (Phi) is 3.38. The van der Waals surface area contributed by atoms with Gasteiger partial charge in [0, 0.05) is 12.8 Å². The van der Waals surface area contributed by atoms with Crippen molar-refractivity contribution in [3.8, 4) is 6.07 Å². The lowest BCUT2D eigenvalue weighted by Crippen LogP contribution is -2.12. The first-order valence-electron chi connectivity index (χ1n) is 3.73. The second-order valence-corrected chi connectivity index (χ2v) is 2.30. The van der Waals surface area contributed by atoms with Crippen molar-refractivity contribution >= 4 is 11.9 Å². The van der Waals surface area contributed by atoms with E-state index in [0.29, 0.717) is 19.3 Å². The number of carbonyl (C=O) groups excluding carboxylic acids is 1. The summed E-state index contributed by atoms with van der Waals surface area (Å²) < 4.78 is 0. The van der Waals surface area contributed by atoms with Gasteiger partial charge in [0.1, 0.15) is 0 Å². The summed E-state index contributed by atoms with van der Waals surface area (Å²) in [5.74, 6) is -0.0568. The van der Waals surface area contributed by atoms with Crippen molar-refractivity contribution in [3.63, 3.8) is 0 Å². The van der Waals surface area contributed by atoms with Crippen LogP contribution in [-0.2, 0) is 4.79 Å². The Balaban J connectivity index is 2.23. The van der Waals surface area contributed by atoms with E-state index >= 15 is 0 Å². The Morgan fingerprint density at radius 1 is 1.69 bits per heavy atom. The van der Waals surface area contributed by atoms with Crippen LogP contribution in [-0.4, -0.2) is 26.5 Å². The highest BCUT2D eigenvalue weighted by atomic mass is 16.1. The largest absolute Gasteiger partial charge is 0.292 e. The van der Waals surface area contributed by atoms with Gasteiger partial charge in [-0.2, -0.15) is 10.5 Å². The maximum atomic E-state index is 11.0. The summed E-state index contributed by atoms with van der Waals surface area (Å²) in [6.07, 6.45) is 1.21. The standard InChI is InChI=1S/C6H8N6O/c7-4-2-1-3-5(13)8-6-9-11-12-10-6/h1-3H2,(H2,8,9,10,11,12,13). The number of anilines is 1. The van der Waals surface area contributed by atoms with Crippen LogP contribution in [0.25, 0.3) is 0 Å². The molecule has 0 unspecified atom stereocenters. The van der Waals surface area contributed by atoms with Crippen LogP contribution in [0.4, 0.5) is 5.95 Å². The molecule has 0 saturated heterocycles. The maximum absolute atomic E-state index is 11.0. The molecule has 0 saturated carbocycles. The number of carbonyl (C=O) groups is 1. The fourth-order valence-electron chi connectivity index (χ4n) is 0.730. The van der Waals surface area contributed by atoms with Crippen molar-refractivity contribution in [2.75, 3.05) is 5.32 Å². The first kappa shape index (κ1) is 9.12. The van der Waals surface area contributed by atoms with Gasteiger partial charge in [0.15, 0.2) is 0 Å². The summed E-state index contributed by atoms with van der Waals surface area (Å²) in [6, 6.07) is 1.95. The molecule has 1 aromatic heterocycles. The third-order valence-corrected chi connectivity index (χ3v) is 1.29. The highest BCUT2D eigenvalue weighted by molar-refractivity contribution is 5.88. The van der Waals surface area contributed by atoms with E-state index in [2.05, 4.69) is 25.9 Å². The summed E-state index contributed by atoms with van der Waals surface area (Å²) in [6.45, 7) is 0. The van der Waals surface area contributed by atoms with Crippen LogP contribution in [0.1, 0.15) is 19.3 Å². The molecule has 0 aliphatic rings. The van der Waals surface area contributed by atoms with Crippen molar-refractivity contribution in [2.45, 2.75) is 19.3 Å². The van der Waals surface area contributed by atoms with Crippen LogP contribution >= 0.6 is 0 Å². The third kappa shape index (κ3) is 3.29. The average Bonchev–Trinajstić information content (AvgIpc) is 2.57. The third-order valence-electron chi connectivity index (χ3n) is 1.29. The van der Waals surface area contributed by atoms with Gasteiger partial charge >= 0.3 is 0 Å². The lowest BCUT2D eigenvalue weighted by molar-refractivity contribution is -0.116. The number of nitriles is 1. The van der Waals surface area contributed by atoms with Crippen molar-refractivity contribution in [1.29, 1.82) is 5.26 Å². The van der Waals surface area contributed by atoms with E-state index in [9.17, 15) is 4.79 Å². The predicted molar refractivity (Wildman–Crippen MR) is 42.3 cm³/mol. The number of tetrazole rings is 1. The molecule has 0 aliphatic carbocycles. The summed E-state index contributed by atoms with van der Waals surface area (Å²) >= 11 is 0. The molecule has 0 atom stereocenters. The Morgan fingerprint density at radius 3 is 3.15 bits per heavy atom. The molecule has 0 fully saturated rings. The fourth-order valence-corrected chi connectivity index (χ4v) is 0.730. The zero-order valence-corrected chi connectivity index (χ0v) is 6.82. The van der Waals surface area contributed by atoms with Crippen LogP contribution in [0.5, 0.6) is 0 Å². The van der Waals surface area contributed by atoms with Gasteiger partial charge in [-0.05, 0) is 11.6 Å². The fraction of sp³-hybridized carbons (Fsp3) is 0.500. The number of aromatic nitrogens is 4. The molecule has 0 bridgehead atoms. The second kappa shape index (κ2) is 4.82. The van der Waals surface area contributed by atoms with Crippen molar-refractivity contribution in [1.82, 2.24) is 20.6 Å². The Hall–Kier alpha value is -1.97. The number of nitrogens with zero attached hydrogens (tertiary/aromatic N) is 4. The number of hydrogen-bond donors (Lipinski definition) is 2. The monoisotopic (exact) mass is 180 g/mol. The smallest absolute Gasteiger partial charge is 0.269 e. The van der Waals surface area contributed by atoms with E-state index in [1.54, 1.807) is 0 Å². The molecule has 2 N–H and O–H groups in total. The van der Waals surface area contributed by atoms with Gasteiger partial charge in [0.25, 0.3) is 5.95 Å². The molecule has 0 aromatic carbocycles. The summed E-state index contributed by atoms with van der Waals surface area (Å²) in [5.41, 5.74) is 0. The quantitative estimate of drug-likeness (QED) is 0.625. The highest BCUT2D eigenvalue weighted by Gasteiger charge is 2.04. The minimum atomic E-state index is -0.211. The van der Waals surface area contributed by atoms with E-state index in [4.69, 9.17) is 5.26 Å². The van der Waals surface area contributed by atoms with Crippen LogP contribution in [0.2, 0.25) is 0 Å². The first-order valence-corrected chi connectivity index (χ1v) is 3.73. The molecule has 7 nitrogen and oxygen atoms in total. The number of unbranched alkanes of at least 4 members (excludes halogenated alkanes) is 1. The molecule has 1 aromatic rings. The van der Waals surface area contributed by atoms with Gasteiger partial charge < -0.3 is 0 Å². The molecule has 1 rings (SSSR count). The van der Waals surface area contributed by atoms with Crippen LogP contribution in [0.15, 0.2) is 0 Å². The van der Waals surface area contributed by atoms with Gasteiger partial charge in [-0.15, -0.1) is 5.10 Å². The molecule has 0 aliphatic heterocycles. The minimum absolute atomic E-state index is 0.155. The molecule has 0 radical (unpaired) electrons. The van der Waals surface area contributed by atoms with Crippen molar-refractivity contribution in [2.24, 2.45) is 0 Å². The SMILES string of the molecule is N#CCCCC(=O)Nc1nn[nH]n1. The number of aromatic amines is 1. The summed E-state index contributed by atoms with van der Waals surface area (Å²) in [4.78, 5) is 11.0. The Morgan fingerprint density at radius 2 is 2.54 bits per heavy atom. The Labute approximate surface area is 74.1 Å². The topological polar surface area (TPSA) is 107 Å². The number of amides is 1. The van der Waals surface area contributed by atoms with Crippen molar-refractivity contribution < 1.29 is 4.79 Å². The molecule has 1 heterocycles. The second-order valence-electron chi connectivity index (χ2n) is 2.30. The molecule has 7 heteroatoms. The lowest BCUT2D eigenvalue weighted by Gasteiger charge is -1.96. The van der Waals surface area contributed by atoms with E-state index in [1.807, 2.05) is 6.07 Å². The average molecular weight is 180 g/mol. The zero-order chi connectivity index (χ0) is 9.52. The number of rotatable bonds is 4. The van der Waals surface area contributed by atoms with E-state index in [-0.39, 0.29) is 11.9 Å². The van der Waals surface area contributed by atoms with Gasteiger partial charge in [0.05, 0.1) is 6.07 Å². The number of hydrogen-bond acceptors (Lipinski definition) is 5. The normalized spacial score (nSPS) is 9.15. The number of H-pyrrole nitrogens is 1. The van der Waals surface area contributed by atoms with Crippen LogP contribution in [0.3, 0.4) is 0 Å². The van der Waals surface area contributed by atoms with Gasteiger partial charge in [-0.1, -0.05) is 5.10 Å². The molecule has 0 spiro atoms. The molecule has 68 valence electrons. The van der Waals surface area contributed by atoms with Gasteiger partial charge in [-0.25, -0.2) is 0 Å². The van der Waals surface area contributed by atoms with Crippen LogP contribution in [0, 0.1) is 11.3 Å². The zero-order valence-electron chi connectivity index (χ0n) is 6.82. The maximum Gasteiger partial charge on any atom is 0.269 e. The highest BCUT2D eigenvalue weighted by Crippen LogP contribution is 1.97. The minimum Gasteiger partial charge on any atom is -0.292 e. The van der Waals surface area contributed by atoms with E-state index in [1.165, 1.54) is 0 Å². The van der Waals surface area contributed by atoms with Crippen LogP contribution < -0.4 is 5.32 Å².